The van der Waals surface area contributed by atoms with Gasteiger partial charge in [-0.15, -0.1) is 0 Å². The largest absolute Gasteiger partial charge is 0.325 e. The number of amides is 1. The smallest absolute Gasteiger partial charge is 0.255 e. The Kier molecular flexibility index (Phi) is 6.82. The molecule has 3 aromatic rings. The molecule has 1 aromatic carbocycles. The van der Waals surface area contributed by atoms with Gasteiger partial charge in [0.05, 0.1) is 5.69 Å². The summed E-state index contributed by atoms with van der Waals surface area (Å²) in [6.45, 7) is 7.75. The van der Waals surface area contributed by atoms with Crippen LogP contribution >= 0.6 is 0 Å². The number of carbonyl (C=O) groups is 1. The zero-order valence-electron chi connectivity index (χ0n) is 18.1. The fourth-order valence-corrected chi connectivity index (χ4v) is 3.34. The van der Waals surface area contributed by atoms with Crippen LogP contribution in [-0.2, 0) is 24.2 Å². The number of aryl methyl sites for hydroxylation is 4. The van der Waals surface area contributed by atoms with Gasteiger partial charge in [-0.05, 0) is 56.9 Å². The van der Waals surface area contributed by atoms with Crippen molar-refractivity contribution in [2.24, 2.45) is 0 Å². The second-order valence-electron chi connectivity index (χ2n) is 7.51. The van der Waals surface area contributed by atoms with Crippen LogP contribution < -0.4 is 10.9 Å². The number of nitrogens with zero attached hydrogens (tertiary/aromatic N) is 4. The maximum absolute atomic E-state index is 12.7. The second-order valence-corrected chi connectivity index (χ2v) is 7.51. The molecule has 0 aliphatic rings. The molecule has 0 radical (unpaired) electrons. The first-order chi connectivity index (χ1) is 14.4. The fraction of sp³-hybridized carbons (Fsp3) is 0.391. The summed E-state index contributed by atoms with van der Waals surface area (Å²) < 4.78 is 2.98. The van der Waals surface area contributed by atoms with Gasteiger partial charge in [0.1, 0.15) is 6.54 Å². The molecule has 7 heteroatoms. The topological polar surface area (TPSA) is 81.8 Å². The SMILES string of the molecule is CCCCc1ccc(NC(=O)Cn2c(-n3nc(C)cc3C)nc(CC)cc2=O)cc1. The van der Waals surface area contributed by atoms with Crippen LogP contribution in [0.3, 0.4) is 0 Å². The first-order valence-electron chi connectivity index (χ1n) is 10.4. The van der Waals surface area contributed by atoms with Crippen molar-refractivity contribution in [1.82, 2.24) is 19.3 Å². The Labute approximate surface area is 176 Å². The predicted octanol–water partition coefficient (Wildman–Crippen LogP) is 3.59. The van der Waals surface area contributed by atoms with Gasteiger partial charge in [0.15, 0.2) is 0 Å². The average molecular weight is 408 g/mol. The predicted molar refractivity (Wildman–Crippen MR) is 118 cm³/mol. The lowest BCUT2D eigenvalue weighted by molar-refractivity contribution is -0.116. The van der Waals surface area contributed by atoms with Crippen LogP contribution in [0.15, 0.2) is 41.2 Å². The van der Waals surface area contributed by atoms with E-state index in [1.54, 1.807) is 4.68 Å². The monoisotopic (exact) mass is 407 g/mol. The van der Waals surface area contributed by atoms with Gasteiger partial charge in [-0.1, -0.05) is 32.4 Å². The van der Waals surface area contributed by atoms with Gasteiger partial charge in [-0.2, -0.15) is 5.10 Å². The van der Waals surface area contributed by atoms with Gasteiger partial charge in [0.25, 0.3) is 5.56 Å². The van der Waals surface area contributed by atoms with E-state index >= 15 is 0 Å². The highest BCUT2D eigenvalue weighted by molar-refractivity contribution is 5.90. The Bertz CT molecular complexity index is 1080. The van der Waals surface area contributed by atoms with E-state index in [1.165, 1.54) is 16.2 Å². The van der Waals surface area contributed by atoms with Crippen LogP contribution in [0.25, 0.3) is 5.95 Å². The van der Waals surface area contributed by atoms with Crippen molar-refractivity contribution in [2.45, 2.75) is 59.9 Å². The van der Waals surface area contributed by atoms with Crippen molar-refractivity contribution >= 4 is 11.6 Å². The summed E-state index contributed by atoms with van der Waals surface area (Å²) in [5, 5.41) is 7.32. The Morgan fingerprint density at radius 3 is 2.43 bits per heavy atom. The molecule has 158 valence electrons. The highest BCUT2D eigenvalue weighted by atomic mass is 16.2. The number of unbranched alkanes of at least 4 members (excludes halogenated alkanes) is 1. The third kappa shape index (κ3) is 5.03. The number of hydrogen-bond acceptors (Lipinski definition) is 4. The number of aromatic nitrogens is 4. The van der Waals surface area contributed by atoms with E-state index in [1.807, 2.05) is 51.1 Å². The Hall–Kier alpha value is -3.22. The maximum atomic E-state index is 12.7. The standard InChI is InChI=1S/C23H29N5O2/c1-5-7-8-18-9-11-20(12-10-18)24-21(29)15-27-22(30)14-19(6-2)25-23(27)28-17(4)13-16(3)26-28/h9-14H,5-8,15H2,1-4H3,(H,24,29). The maximum Gasteiger partial charge on any atom is 0.255 e. The molecular weight excluding hydrogens is 378 g/mol. The van der Waals surface area contributed by atoms with E-state index in [9.17, 15) is 9.59 Å². The van der Waals surface area contributed by atoms with Gasteiger partial charge in [0, 0.05) is 23.1 Å². The Balaban J connectivity index is 1.84. The summed E-state index contributed by atoms with van der Waals surface area (Å²) >= 11 is 0. The normalized spacial score (nSPS) is 10.9. The van der Waals surface area contributed by atoms with E-state index in [4.69, 9.17) is 0 Å². The zero-order chi connectivity index (χ0) is 21.7. The summed E-state index contributed by atoms with van der Waals surface area (Å²) in [5.41, 5.74) is 4.03. The van der Waals surface area contributed by atoms with Crippen LogP contribution in [-0.4, -0.2) is 25.2 Å². The number of nitrogens with one attached hydrogen (secondary N) is 1. The van der Waals surface area contributed by atoms with Crippen LogP contribution in [0.5, 0.6) is 0 Å². The van der Waals surface area contributed by atoms with Crippen LogP contribution in [0.4, 0.5) is 5.69 Å². The minimum atomic E-state index is -0.285. The van der Waals surface area contributed by atoms with Gasteiger partial charge in [-0.25, -0.2) is 9.67 Å². The first-order valence-corrected chi connectivity index (χ1v) is 10.4. The van der Waals surface area contributed by atoms with E-state index in [-0.39, 0.29) is 18.0 Å². The molecule has 2 heterocycles. The number of hydrogen-bond donors (Lipinski definition) is 1. The van der Waals surface area contributed by atoms with Crippen molar-refractivity contribution in [3.63, 3.8) is 0 Å². The molecule has 1 amide bonds. The molecule has 0 fully saturated rings. The van der Waals surface area contributed by atoms with Crippen LogP contribution in [0, 0.1) is 13.8 Å². The van der Waals surface area contributed by atoms with E-state index in [0.717, 1.165) is 30.7 Å². The lowest BCUT2D eigenvalue weighted by atomic mass is 10.1. The van der Waals surface area contributed by atoms with Gasteiger partial charge in [0.2, 0.25) is 11.9 Å². The number of rotatable bonds is 8. The molecule has 30 heavy (non-hydrogen) atoms. The van der Waals surface area contributed by atoms with Crippen molar-refractivity contribution in [2.75, 3.05) is 5.32 Å². The Morgan fingerprint density at radius 2 is 1.83 bits per heavy atom. The zero-order valence-corrected chi connectivity index (χ0v) is 18.1. The molecule has 0 unspecified atom stereocenters. The third-order valence-corrected chi connectivity index (χ3v) is 4.96. The molecule has 0 aliphatic heterocycles. The van der Waals surface area contributed by atoms with Crippen molar-refractivity contribution < 1.29 is 4.79 Å². The van der Waals surface area contributed by atoms with E-state index < -0.39 is 0 Å². The molecule has 7 nitrogen and oxygen atoms in total. The van der Waals surface area contributed by atoms with Gasteiger partial charge >= 0.3 is 0 Å². The van der Waals surface area contributed by atoms with E-state index in [2.05, 4.69) is 22.3 Å². The van der Waals surface area contributed by atoms with E-state index in [0.29, 0.717) is 23.8 Å². The molecule has 3 rings (SSSR count). The summed E-state index contributed by atoms with van der Waals surface area (Å²) in [6, 6.07) is 11.2. The fourth-order valence-electron chi connectivity index (χ4n) is 3.34. The summed E-state index contributed by atoms with van der Waals surface area (Å²) in [6.07, 6.45) is 3.95. The third-order valence-electron chi connectivity index (χ3n) is 4.96. The lowest BCUT2D eigenvalue weighted by Crippen LogP contribution is -2.32. The number of carbonyl (C=O) groups excluding carboxylic acids is 1. The average Bonchev–Trinajstić information content (AvgIpc) is 3.06. The molecule has 0 aliphatic carbocycles. The van der Waals surface area contributed by atoms with Gasteiger partial charge in [-0.3, -0.25) is 14.2 Å². The van der Waals surface area contributed by atoms with Crippen molar-refractivity contribution in [3.8, 4) is 5.95 Å². The number of benzene rings is 1. The van der Waals surface area contributed by atoms with Gasteiger partial charge < -0.3 is 5.32 Å². The number of anilines is 1. The first kappa shape index (κ1) is 21.5. The highest BCUT2D eigenvalue weighted by Crippen LogP contribution is 2.13. The van der Waals surface area contributed by atoms with Crippen LogP contribution in [0.1, 0.15) is 49.3 Å². The molecule has 0 atom stereocenters. The molecule has 2 aromatic heterocycles. The minimum Gasteiger partial charge on any atom is -0.325 e. The second kappa shape index (κ2) is 9.52. The summed E-state index contributed by atoms with van der Waals surface area (Å²) in [4.78, 5) is 30.0. The summed E-state index contributed by atoms with van der Waals surface area (Å²) in [7, 11) is 0. The molecule has 0 saturated heterocycles. The minimum absolute atomic E-state index is 0.138. The van der Waals surface area contributed by atoms with Crippen molar-refractivity contribution in [3.05, 3.63) is 69.4 Å². The quantitative estimate of drug-likeness (QED) is 0.619. The summed E-state index contributed by atoms with van der Waals surface area (Å²) in [5.74, 6) is 0.0715. The molecule has 1 N–H and O–H groups in total. The molecule has 0 spiro atoms. The van der Waals surface area contributed by atoms with Crippen LogP contribution in [0.2, 0.25) is 0 Å². The Morgan fingerprint density at radius 1 is 1.10 bits per heavy atom. The molecule has 0 bridgehead atoms. The highest BCUT2D eigenvalue weighted by Gasteiger charge is 2.16. The lowest BCUT2D eigenvalue weighted by Gasteiger charge is -2.14. The molecular formula is C23H29N5O2. The molecule has 0 saturated carbocycles. The van der Waals surface area contributed by atoms with Crippen molar-refractivity contribution in [1.29, 1.82) is 0 Å².